The molecule has 0 bridgehead atoms. The molecule has 0 fully saturated rings. The van der Waals surface area contributed by atoms with Crippen LogP contribution < -0.4 is 5.73 Å². The highest BCUT2D eigenvalue weighted by molar-refractivity contribution is 6.45. The summed E-state index contributed by atoms with van der Waals surface area (Å²) in [6, 6.07) is 15.4. The van der Waals surface area contributed by atoms with Gasteiger partial charge in [0.05, 0.1) is 12.7 Å². The summed E-state index contributed by atoms with van der Waals surface area (Å²) in [5.74, 6) is -2.26. The zero-order chi connectivity index (χ0) is 21.0. The van der Waals surface area contributed by atoms with Crippen LogP contribution in [0.1, 0.15) is 34.1 Å². The number of primary amides is 1. The molecule has 6 nitrogen and oxygen atoms in total. The summed E-state index contributed by atoms with van der Waals surface area (Å²) in [5.41, 5.74) is 8.86. The maximum Gasteiger partial charge on any atom is 0.330 e. The second kappa shape index (κ2) is 8.56. The molecule has 0 radical (unpaired) electrons. The molecule has 6 heteroatoms. The van der Waals surface area contributed by atoms with E-state index in [4.69, 9.17) is 5.73 Å². The zero-order valence-corrected chi connectivity index (χ0v) is 16.3. The summed E-state index contributed by atoms with van der Waals surface area (Å²) in [5, 5.41) is 0.601. The molecule has 0 atom stereocenters. The predicted octanol–water partition coefficient (Wildman–Crippen LogP) is 3.11. The van der Waals surface area contributed by atoms with Gasteiger partial charge in [-0.25, -0.2) is 4.79 Å². The lowest BCUT2D eigenvalue weighted by atomic mass is 10.00. The molecule has 3 aromatic rings. The average Bonchev–Trinajstić information content (AvgIpc) is 3.05. The van der Waals surface area contributed by atoms with E-state index in [-0.39, 0.29) is 5.56 Å². The van der Waals surface area contributed by atoms with Gasteiger partial charge in [-0.05, 0) is 29.7 Å². The number of Topliss-reactive ketones (excluding diaryl/α,β-unsaturated/α-hetero) is 1. The molecule has 0 unspecified atom stereocenters. The van der Waals surface area contributed by atoms with Gasteiger partial charge in [-0.3, -0.25) is 9.59 Å². The molecule has 1 heterocycles. The fourth-order valence-electron chi connectivity index (χ4n) is 3.53. The number of amides is 1. The zero-order valence-electron chi connectivity index (χ0n) is 16.3. The van der Waals surface area contributed by atoms with Crippen molar-refractivity contribution < 1.29 is 19.1 Å². The third-order valence-electron chi connectivity index (χ3n) is 4.80. The highest BCUT2D eigenvalue weighted by Crippen LogP contribution is 2.32. The Morgan fingerprint density at radius 3 is 2.41 bits per heavy atom. The summed E-state index contributed by atoms with van der Waals surface area (Å²) < 4.78 is 6.68. The van der Waals surface area contributed by atoms with Crippen molar-refractivity contribution in [1.82, 2.24) is 4.57 Å². The summed E-state index contributed by atoms with van der Waals surface area (Å²) in [4.78, 5) is 36.1. The van der Waals surface area contributed by atoms with Crippen molar-refractivity contribution in [3.63, 3.8) is 0 Å². The molecule has 2 N–H and O–H groups in total. The number of benzene rings is 2. The molecule has 1 amide bonds. The number of ketones is 1. The second-order valence-corrected chi connectivity index (χ2v) is 6.54. The number of carbonyl (C=O) groups excluding carboxylic acids is 3. The Morgan fingerprint density at radius 1 is 1.07 bits per heavy atom. The Labute approximate surface area is 168 Å². The first-order valence-corrected chi connectivity index (χ1v) is 9.26. The van der Waals surface area contributed by atoms with Crippen LogP contribution in [0.3, 0.4) is 0 Å². The lowest BCUT2D eigenvalue weighted by Crippen LogP contribution is -2.24. The van der Waals surface area contributed by atoms with E-state index in [0.29, 0.717) is 23.9 Å². The number of aromatic nitrogens is 1. The fourth-order valence-corrected chi connectivity index (χ4v) is 3.53. The Bertz CT molecular complexity index is 1110. The van der Waals surface area contributed by atoms with Crippen LogP contribution >= 0.6 is 0 Å². The molecule has 0 aliphatic heterocycles. The van der Waals surface area contributed by atoms with E-state index >= 15 is 0 Å². The van der Waals surface area contributed by atoms with Gasteiger partial charge in [0.15, 0.2) is 0 Å². The molecule has 0 aliphatic carbocycles. The molecule has 29 heavy (non-hydrogen) atoms. The summed E-state index contributed by atoms with van der Waals surface area (Å²) in [7, 11) is 1.29. The van der Waals surface area contributed by atoms with Crippen molar-refractivity contribution in [2.75, 3.05) is 7.11 Å². The van der Waals surface area contributed by atoms with Crippen LogP contribution in [0.4, 0.5) is 0 Å². The standard InChI is InChI=1S/C23H22N2O4/c1-3-17-21(22(27)23(24)28)20-16(12-13-19(26)29-2)10-7-11-18(20)25(17)14-15-8-5-4-6-9-15/h4-13H,3,14H2,1-2H3,(H2,24,28)/b13-12+. The first-order chi connectivity index (χ1) is 14.0. The molecule has 0 spiro atoms. The number of hydrogen-bond donors (Lipinski definition) is 1. The van der Waals surface area contributed by atoms with Crippen LogP contribution in [-0.2, 0) is 27.3 Å². The van der Waals surface area contributed by atoms with Crippen molar-refractivity contribution in [2.24, 2.45) is 5.73 Å². The van der Waals surface area contributed by atoms with Gasteiger partial charge in [-0.1, -0.05) is 49.4 Å². The van der Waals surface area contributed by atoms with E-state index in [0.717, 1.165) is 16.8 Å². The van der Waals surface area contributed by atoms with Crippen LogP contribution in [0.5, 0.6) is 0 Å². The summed E-state index contributed by atoms with van der Waals surface area (Å²) >= 11 is 0. The number of nitrogens with zero attached hydrogens (tertiary/aromatic N) is 1. The van der Waals surface area contributed by atoms with E-state index in [9.17, 15) is 14.4 Å². The molecule has 1 aromatic heterocycles. The van der Waals surface area contributed by atoms with E-state index in [1.807, 2.05) is 54.0 Å². The topological polar surface area (TPSA) is 91.4 Å². The van der Waals surface area contributed by atoms with Gasteiger partial charge < -0.3 is 15.0 Å². The van der Waals surface area contributed by atoms with E-state index < -0.39 is 17.7 Å². The van der Waals surface area contributed by atoms with Crippen LogP contribution in [0.15, 0.2) is 54.6 Å². The Morgan fingerprint density at radius 2 is 1.79 bits per heavy atom. The molecule has 0 saturated carbocycles. The number of fused-ring (bicyclic) bond motifs is 1. The molecular formula is C23H22N2O4. The first kappa shape index (κ1) is 20.1. The van der Waals surface area contributed by atoms with Crippen LogP contribution in [-0.4, -0.2) is 29.3 Å². The van der Waals surface area contributed by atoms with Crippen LogP contribution in [0.25, 0.3) is 17.0 Å². The fraction of sp³-hybridized carbons (Fsp3) is 0.174. The van der Waals surface area contributed by atoms with Crippen molar-refractivity contribution >= 4 is 34.6 Å². The summed E-state index contributed by atoms with van der Waals surface area (Å²) in [6.45, 7) is 2.47. The molecule has 0 aliphatic rings. The lowest BCUT2D eigenvalue weighted by molar-refractivity contribution is -0.134. The predicted molar refractivity (Wildman–Crippen MR) is 111 cm³/mol. The minimum Gasteiger partial charge on any atom is -0.466 e. The van der Waals surface area contributed by atoms with Gasteiger partial charge in [-0.2, -0.15) is 0 Å². The molecule has 3 rings (SSSR count). The number of rotatable bonds is 7. The smallest absolute Gasteiger partial charge is 0.330 e. The number of carbonyl (C=O) groups is 3. The van der Waals surface area contributed by atoms with E-state index in [1.165, 1.54) is 13.2 Å². The summed E-state index contributed by atoms with van der Waals surface area (Å²) in [6.07, 6.45) is 3.40. The quantitative estimate of drug-likeness (QED) is 0.290. The first-order valence-electron chi connectivity index (χ1n) is 9.26. The van der Waals surface area contributed by atoms with E-state index in [2.05, 4.69) is 4.74 Å². The maximum absolute atomic E-state index is 12.7. The minimum absolute atomic E-state index is 0.288. The third-order valence-corrected chi connectivity index (χ3v) is 4.80. The average molecular weight is 390 g/mol. The number of esters is 1. The highest BCUT2D eigenvalue weighted by Gasteiger charge is 2.26. The van der Waals surface area contributed by atoms with Gasteiger partial charge in [0.25, 0.3) is 11.7 Å². The van der Waals surface area contributed by atoms with Crippen molar-refractivity contribution in [1.29, 1.82) is 0 Å². The maximum atomic E-state index is 12.7. The Kier molecular flexibility index (Phi) is 5.93. The second-order valence-electron chi connectivity index (χ2n) is 6.54. The van der Waals surface area contributed by atoms with Crippen molar-refractivity contribution in [2.45, 2.75) is 19.9 Å². The number of nitrogens with two attached hydrogens (primary N) is 1. The molecule has 0 saturated heterocycles. The number of ether oxygens (including phenoxy) is 1. The monoisotopic (exact) mass is 390 g/mol. The largest absolute Gasteiger partial charge is 0.466 e. The van der Waals surface area contributed by atoms with Gasteiger partial charge in [0.1, 0.15) is 0 Å². The minimum atomic E-state index is -1.01. The van der Waals surface area contributed by atoms with Crippen molar-refractivity contribution in [3.05, 3.63) is 77.0 Å². The van der Waals surface area contributed by atoms with Crippen LogP contribution in [0.2, 0.25) is 0 Å². The van der Waals surface area contributed by atoms with Crippen LogP contribution in [0, 0.1) is 0 Å². The molecule has 148 valence electrons. The Hall–Kier alpha value is -3.67. The van der Waals surface area contributed by atoms with Gasteiger partial charge >= 0.3 is 5.97 Å². The molecular weight excluding hydrogens is 368 g/mol. The highest BCUT2D eigenvalue weighted by atomic mass is 16.5. The van der Waals surface area contributed by atoms with Gasteiger partial charge in [-0.15, -0.1) is 0 Å². The SMILES string of the molecule is CCc1c(C(=O)C(N)=O)c2c(/C=C/C(=O)OC)cccc2n1Cc1ccccc1. The van der Waals surface area contributed by atoms with Gasteiger partial charge in [0, 0.05) is 29.2 Å². The molecule has 2 aromatic carbocycles. The Balaban J connectivity index is 2.31. The number of hydrogen-bond acceptors (Lipinski definition) is 4. The number of methoxy groups -OCH3 is 1. The van der Waals surface area contributed by atoms with Crippen molar-refractivity contribution in [3.8, 4) is 0 Å². The van der Waals surface area contributed by atoms with E-state index in [1.54, 1.807) is 12.1 Å². The lowest BCUT2D eigenvalue weighted by Gasteiger charge is -2.10. The third kappa shape index (κ3) is 3.96. The normalized spacial score (nSPS) is 11.1. The van der Waals surface area contributed by atoms with Gasteiger partial charge in [0.2, 0.25) is 0 Å².